The SMILES string of the molecule is C=CCCC(CCC)(C1=CC=CC1)c1cccc2c1Cc1ccccc1-2.[Cl-].[Cl-].[Hf+4]. The van der Waals surface area contributed by atoms with Crippen molar-refractivity contribution in [3.8, 4) is 11.1 Å². The van der Waals surface area contributed by atoms with Gasteiger partial charge in [0.05, 0.1) is 0 Å². The Labute approximate surface area is 207 Å². The summed E-state index contributed by atoms with van der Waals surface area (Å²) in [6, 6.07) is 15.9. The molecule has 2 aromatic carbocycles. The maximum absolute atomic E-state index is 4.01. The van der Waals surface area contributed by atoms with E-state index in [2.05, 4.69) is 80.3 Å². The summed E-state index contributed by atoms with van der Waals surface area (Å²) in [7, 11) is 0. The van der Waals surface area contributed by atoms with Crippen molar-refractivity contribution in [1.82, 2.24) is 0 Å². The third-order valence-electron chi connectivity index (χ3n) is 6.20. The molecule has 0 aromatic heterocycles. The van der Waals surface area contributed by atoms with E-state index >= 15 is 0 Å². The molecule has 29 heavy (non-hydrogen) atoms. The fourth-order valence-electron chi connectivity index (χ4n) is 5.07. The molecule has 1 atom stereocenters. The van der Waals surface area contributed by atoms with Crippen LogP contribution >= 0.6 is 0 Å². The maximum Gasteiger partial charge on any atom is 4.00 e. The molecule has 2 aliphatic rings. The van der Waals surface area contributed by atoms with Gasteiger partial charge < -0.3 is 24.8 Å². The van der Waals surface area contributed by atoms with Gasteiger partial charge in [0.15, 0.2) is 0 Å². The van der Waals surface area contributed by atoms with Crippen molar-refractivity contribution in [2.75, 3.05) is 0 Å². The van der Waals surface area contributed by atoms with Crippen LogP contribution in [0, 0.1) is 0 Å². The molecule has 4 rings (SSSR count). The van der Waals surface area contributed by atoms with Crippen LogP contribution in [-0.4, -0.2) is 0 Å². The van der Waals surface area contributed by atoms with E-state index in [9.17, 15) is 0 Å². The average Bonchev–Trinajstić information content (AvgIpc) is 3.33. The van der Waals surface area contributed by atoms with E-state index in [-0.39, 0.29) is 56.1 Å². The van der Waals surface area contributed by atoms with Crippen LogP contribution in [0.5, 0.6) is 0 Å². The quantitative estimate of drug-likeness (QED) is 0.287. The van der Waals surface area contributed by atoms with Crippen molar-refractivity contribution in [2.45, 2.75) is 50.9 Å². The summed E-state index contributed by atoms with van der Waals surface area (Å²) in [5.74, 6) is 0. The van der Waals surface area contributed by atoms with E-state index in [1.54, 1.807) is 16.7 Å². The third kappa shape index (κ3) is 4.73. The molecule has 0 aliphatic heterocycles. The molecular weight excluding hydrogens is 562 g/mol. The summed E-state index contributed by atoms with van der Waals surface area (Å²) in [6.07, 6.45) is 15.8. The molecule has 0 heterocycles. The Balaban J connectivity index is 0.00000140. The first-order valence-electron chi connectivity index (χ1n) is 9.98. The summed E-state index contributed by atoms with van der Waals surface area (Å²) in [4.78, 5) is 0. The van der Waals surface area contributed by atoms with Gasteiger partial charge in [-0.2, -0.15) is 0 Å². The summed E-state index contributed by atoms with van der Waals surface area (Å²) in [6.45, 7) is 6.34. The van der Waals surface area contributed by atoms with Gasteiger partial charge in [0.25, 0.3) is 0 Å². The van der Waals surface area contributed by atoms with E-state index in [4.69, 9.17) is 0 Å². The molecule has 2 aliphatic carbocycles. The summed E-state index contributed by atoms with van der Waals surface area (Å²) < 4.78 is 0. The normalized spacial score (nSPS) is 15.0. The number of rotatable bonds is 7. The van der Waals surface area contributed by atoms with Gasteiger partial charge in [-0.3, -0.25) is 0 Å². The Morgan fingerprint density at radius 1 is 1.00 bits per heavy atom. The van der Waals surface area contributed by atoms with Crippen LogP contribution in [0.1, 0.15) is 55.7 Å². The first kappa shape index (κ1) is 26.1. The predicted molar refractivity (Wildman–Crippen MR) is 113 cm³/mol. The van der Waals surface area contributed by atoms with Gasteiger partial charge in [-0.25, -0.2) is 0 Å². The molecule has 3 heteroatoms. The van der Waals surface area contributed by atoms with Gasteiger partial charge in [-0.15, -0.1) is 6.58 Å². The topological polar surface area (TPSA) is 0 Å². The Morgan fingerprint density at radius 2 is 1.76 bits per heavy atom. The Morgan fingerprint density at radius 3 is 2.45 bits per heavy atom. The van der Waals surface area contributed by atoms with Crippen LogP contribution in [0.4, 0.5) is 0 Å². The fourth-order valence-corrected chi connectivity index (χ4v) is 5.07. The first-order chi connectivity index (χ1) is 12.8. The minimum absolute atomic E-state index is 0. The maximum atomic E-state index is 4.01. The van der Waals surface area contributed by atoms with Crippen molar-refractivity contribution in [1.29, 1.82) is 0 Å². The molecule has 0 bridgehead atoms. The molecule has 148 valence electrons. The van der Waals surface area contributed by atoms with Crippen LogP contribution in [-0.2, 0) is 37.7 Å². The van der Waals surface area contributed by atoms with Crippen LogP contribution in [0.15, 0.2) is 78.9 Å². The third-order valence-corrected chi connectivity index (χ3v) is 6.20. The predicted octanol–water partition coefficient (Wildman–Crippen LogP) is 1.15. The zero-order valence-electron chi connectivity index (χ0n) is 17.1. The van der Waals surface area contributed by atoms with Crippen LogP contribution in [0.2, 0.25) is 0 Å². The summed E-state index contributed by atoms with van der Waals surface area (Å²) in [5.41, 5.74) is 9.19. The number of allylic oxidation sites excluding steroid dienone is 5. The van der Waals surface area contributed by atoms with Crippen molar-refractivity contribution in [3.63, 3.8) is 0 Å². The number of hydrogen-bond donors (Lipinski definition) is 0. The first-order valence-corrected chi connectivity index (χ1v) is 9.98. The molecule has 2 aromatic rings. The fraction of sp³-hybridized carbons (Fsp3) is 0.308. The molecule has 0 amide bonds. The average molecular weight is 590 g/mol. The van der Waals surface area contributed by atoms with Crippen molar-refractivity contribution >= 4 is 0 Å². The van der Waals surface area contributed by atoms with E-state index in [0.717, 1.165) is 25.7 Å². The van der Waals surface area contributed by atoms with Crippen LogP contribution in [0.3, 0.4) is 0 Å². The summed E-state index contributed by atoms with van der Waals surface area (Å²) in [5, 5.41) is 0. The van der Waals surface area contributed by atoms with E-state index in [1.807, 2.05) is 0 Å². The monoisotopic (exact) mass is 590 g/mol. The zero-order valence-corrected chi connectivity index (χ0v) is 22.2. The Bertz CT molecular complexity index is 897. The second-order valence-electron chi connectivity index (χ2n) is 7.65. The molecule has 0 fully saturated rings. The molecule has 0 N–H and O–H groups in total. The van der Waals surface area contributed by atoms with Gasteiger partial charge in [0, 0.05) is 5.41 Å². The molecule has 0 radical (unpaired) electrons. The number of hydrogen-bond acceptors (Lipinski definition) is 0. The molecule has 1 unspecified atom stereocenters. The number of halogens is 2. The Hall–Kier alpha value is -0.890. The van der Waals surface area contributed by atoms with Crippen LogP contribution < -0.4 is 24.8 Å². The largest absolute Gasteiger partial charge is 4.00 e. The molecular formula is C26H28Cl2Hf+2. The standard InChI is InChI=1S/C26H28.2ClH.Hf/c1-3-5-18-26(17-4-2,21-12-7-8-13-21)25-16-10-15-23-22-14-9-6-11-20(22)19-24(23)25;;;/h3,6-12,14-16H,1,4-5,13,17-19H2,2H3;2*1H;/q;;;+4/p-2. The van der Waals surface area contributed by atoms with Gasteiger partial charge >= 0.3 is 25.8 Å². The van der Waals surface area contributed by atoms with Gasteiger partial charge in [0.1, 0.15) is 0 Å². The van der Waals surface area contributed by atoms with Crippen molar-refractivity contribution in [2.24, 2.45) is 0 Å². The van der Waals surface area contributed by atoms with Crippen molar-refractivity contribution < 1.29 is 50.7 Å². The van der Waals surface area contributed by atoms with Gasteiger partial charge in [-0.05, 0) is 59.9 Å². The zero-order chi connectivity index (χ0) is 18.0. The van der Waals surface area contributed by atoms with Crippen molar-refractivity contribution in [3.05, 3.63) is 95.6 Å². The molecule has 0 saturated carbocycles. The van der Waals surface area contributed by atoms with E-state index < -0.39 is 0 Å². The smallest absolute Gasteiger partial charge is 1.00 e. The van der Waals surface area contributed by atoms with E-state index in [1.165, 1.54) is 29.5 Å². The second-order valence-corrected chi connectivity index (χ2v) is 7.65. The van der Waals surface area contributed by atoms with Gasteiger partial charge in [-0.1, -0.05) is 85.7 Å². The van der Waals surface area contributed by atoms with Crippen LogP contribution in [0.25, 0.3) is 11.1 Å². The minimum atomic E-state index is 0. The minimum Gasteiger partial charge on any atom is -1.00 e. The molecule has 0 spiro atoms. The summed E-state index contributed by atoms with van der Waals surface area (Å²) >= 11 is 0. The molecule has 0 saturated heterocycles. The number of fused-ring (bicyclic) bond motifs is 3. The number of benzene rings is 2. The van der Waals surface area contributed by atoms with E-state index in [0.29, 0.717) is 0 Å². The van der Waals surface area contributed by atoms with Gasteiger partial charge in [0.2, 0.25) is 0 Å². The Kier molecular flexibility index (Phi) is 10.4. The molecule has 0 nitrogen and oxygen atoms in total. The second kappa shape index (κ2) is 11.5.